The fraction of sp³-hybridized carbons (Fsp3) is 0.133. The number of ether oxygens (including phenoxy) is 3. The van der Waals surface area contributed by atoms with Gasteiger partial charge in [0, 0.05) is 0 Å². The van der Waals surface area contributed by atoms with Gasteiger partial charge in [0.1, 0.15) is 6.61 Å². The molecule has 0 saturated carbocycles. The zero-order valence-corrected chi connectivity index (χ0v) is 10.8. The fourth-order valence-corrected chi connectivity index (χ4v) is 1.94. The van der Waals surface area contributed by atoms with Gasteiger partial charge >= 0.3 is 5.97 Å². The molecular formula is C15H11FO5. The number of benzene rings is 2. The molecule has 2 aromatic carbocycles. The Labute approximate surface area is 119 Å². The molecule has 2 aromatic rings. The van der Waals surface area contributed by atoms with Crippen molar-refractivity contribution in [3.63, 3.8) is 0 Å². The molecule has 3 rings (SSSR count). The summed E-state index contributed by atoms with van der Waals surface area (Å²) in [5, 5.41) is 8.76. The Kier molecular flexibility index (Phi) is 3.35. The first-order valence-corrected chi connectivity index (χ1v) is 6.17. The largest absolute Gasteiger partial charge is 0.486 e. The molecule has 6 heteroatoms. The Morgan fingerprint density at radius 1 is 1.19 bits per heavy atom. The summed E-state index contributed by atoms with van der Waals surface area (Å²) in [7, 11) is 0. The summed E-state index contributed by atoms with van der Waals surface area (Å²) >= 11 is 0. The van der Waals surface area contributed by atoms with Crippen molar-refractivity contribution in [3.05, 3.63) is 53.3 Å². The molecule has 0 fully saturated rings. The van der Waals surface area contributed by atoms with E-state index in [0.29, 0.717) is 11.5 Å². The zero-order chi connectivity index (χ0) is 14.8. The molecule has 1 N–H and O–H groups in total. The van der Waals surface area contributed by atoms with Gasteiger partial charge in [0.2, 0.25) is 6.79 Å². The van der Waals surface area contributed by atoms with Gasteiger partial charge in [-0.05, 0) is 35.9 Å². The van der Waals surface area contributed by atoms with E-state index < -0.39 is 11.8 Å². The van der Waals surface area contributed by atoms with E-state index in [1.807, 2.05) is 0 Å². The second-order valence-electron chi connectivity index (χ2n) is 4.43. The number of hydrogen-bond acceptors (Lipinski definition) is 4. The van der Waals surface area contributed by atoms with E-state index in [1.165, 1.54) is 12.1 Å². The first-order valence-electron chi connectivity index (χ1n) is 6.17. The van der Waals surface area contributed by atoms with E-state index in [1.54, 1.807) is 18.2 Å². The standard InChI is InChI=1S/C15H11FO5/c16-11-6-10(15(17)18)2-4-12(11)19-7-9-1-3-13-14(5-9)21-8-20-13/h1-6H,7-8H2,(H,17,18). The van der Waals surface area contributed by atoms with Crippen molar-refractivity contribution < 1.29 is 28.5 Å². The van der Waals surface area contributed by atoms with Gasteiger partial charge < -0.3 is 19.3 Å². The highest BCUT2D eigenvalue weighted by atomic mass is 19.1. The number of carboxylic acids is 1. The van der Waals surface area contributed by atoms with Crippen molar-refractivity contribution in [1.82, 2.24) is 0 Å². The highest BCUT2D eigenvalue weighted by molar-refractivity contribution is 5.87. The van der Waals surface area contributed by atoms with Gasteiger partial charge in [-0.15, -0.1) is 0 Å². The van der Waals surface area contributed by atoms with Gasteiger partial charge in [-0.3, -0.25) is 0 Å². The van der Waals surface area contributed by atoms with Gasteiger partial charge in [0.25, 0.3) is 0 Å². The molecule has 0 unspecified atom stereocenters. The second-order valence-corrected chi connectivity index (χ2v) is 4.43. The average Bonchev–Trinajstić information content (AvgIpc) is 2.93. The minimum Gasteiger partial charge on any atom is -0.486 e. The van der Waals surface area contributed by atoms with Crippen molar-refractivity contribution in [2.75, 3.05) is 6.79 Å². The number of halogens is 1. The summed E-state index contributed by atoms with van der Waals surface area (Å²) in [5.74, 6) is -0.613. The van der Waals surface area contributed by atoms with Crippen molar-refractivity contribution in [3.8, 4) is 17.2 Å². The van der Waals surface area contributed by atoms with Gasteiger partial charge in [0.05, 0.1) is 5.56 Å². The van der Waals surface area contributed by atoms with Crippen LogP contribution in [0.4, 0.5) is 4.39 Å². The van der Waals surface area contributed by atoms with Gasteiger partial charge in [-0.1, -0.05) is 6.07 Å². The lowest BCUT2D eigenvalue weighted by Crippen LogP contribution is -2.01. The molecule has 0 spiro atoms. The number of carboxylic acid groups (broad SMARTS) is 1. The first-order chi connectivity index (χ1) is 10.1. The topological polar surface area (TPSA) is 65.0 Å². The van der Waals surface area contributed by atoms with E-state index in [4.69, 9.17) is 19.3 Å². The molecule has 0 aliphatic carbocycles. The van der Waals surface area contributed by atoms with Crippen LogP contribution >= 0.6 is 0 Å². The summed E-state index contributed by atoms with van der Waals surface area (Å²) in [6.07, 6.45) is 0. The van der Waals surface area contributed by atoms with Crippen LogP contribution in [0, 0.1) is 5.82 Å². The maximum atomic E-state index is 13.7. The number of aromatic carboxylic acids is 1. The van der Waals surface area contributed by atoms with Crippen molar-refractivity contribution in [2.24, 2.45) is 0 Å². The molecule has 0 aromatic heterocycles. The third kappa shape index (κ3) is 2.74. The monoisotopic (exact) mass is 290 g/mol. The van der Waals surface area contributed by atoms with Crippen molar-refractivity contribution in [2.45, 2.75) is 6.61 Å². The minimum atomic E-state index is -1.18. The van der Waals surface area contributed by atoms with Crippen molar-refractivity contribution in [1.29, 1.82) is 0 Å². The molecule has 0 amide bonds. The molecule has 1 heterocycles. The van der Waals surface area contributed by atoms with E-state index in [0.717, 1.165) is 11.6 Å². The maximum absolute atomic E-state index is 13.7. The third-order valence-electron chi connectivity index (χ3n) is 3.01. The molecule has 108 valence electrons. The normalized spacial score (nSPS) is 12.2. The molecule has 1 aliphatic heterocycles. The lowest BCUT2D eigenvalue weighted by atomic mass is 10.2. The molecule has 0 atom stereocenters. The van der Waals surface area contributed by atoms with E-state index in [2.05, 4.69) is 0 Å². The number of carbonyl (C=O) groups is 1. The number of hydrogen-bond donors (Lipinski definition) is 1. The third-order valence-corrected chi connectivity index (χ3v) is 3.01. The fourth-order valence-electron chi connectivity index (χ4n) is 1.94. The zero-order valence-electron chi connectivity index (χ0n) is 10.8. The maximum Gasteiger partial charge on any atom is 0.335 e. The summed E-state index contributed by atoms with van der Waals surface area (Å²) in [6, 6.07) is 8.82. The lowest BCUT2D eigenvalue weighted by molar-refractivity contribution is 0.0696. The van der Waals surface area contributed by atoms with Gasteiger partial charge in [-0.25, -0.2) is 9.18 Å². The number of fused-ring (bicyclic) bond motifs is 1. The van der Waals surface area contributed by atoms with Gasteiger partial charge in [0.15, 0.2) is 23.1 Å². The summed E-state index contributed by atoms with van der Waals surface area (Å²) in [5.41, 5.74) is 0.670. The minimum absolute atomic E-state index is 0.00216. The highest BCUT2D eigenvalue weighted by Crippen LogP contribution is 2.32. The van der Waals surface area contributed by atoms with E-state index in [-0.39, 0.29) is 24.7 Å². The Morgan fingerprint density at radius 3 is 2.76 bits per heavy atom. The summed E-state index contributed by atoms with van der Waals surface area (Å²) in [6.45, 7) is 0.324. The van der Waals surface area contributed by atoms with Gasteiger partial charge in [-0.2, -0.15) is 0 Å². The summed E-state index contributed by atoms with van der Waals surface area (Å²) in [4.78, 5) is 10.7. The van der Waals surface area contributed by atoms with Crippen LogP contribution in [0.3, 0.4) is 0 Å². The van der Waals surface area contributed by atoms with Crippen LogP contribution in [0.5, 0.6) is 17.2 Å². The Hall–Kier alpha value is -2.76. The predicted molar refractivity (Wildman–Crippen MR) is 70.3 cm³/mol. The van der Waals surface area contributed by atoms with Crippen molar-refractivity contribution >= 4 is 5.97 Å². The lowest BCUT2D eigenvalue weighted by Gasteiger charge is -2.08. The van der Waals surface area contributed by atoms with Crippen LogP contribution in [0.2, 0.25) is 0 Å². The van der Waals surface area contributed by atoms with Crippen LogP contribution in [0.15, 0.2) is 36.4 Å². The van der Waals surface area contributed by atoms with E-state index in [9.17, 15) is 9.18 Å². The Morgan fingerprint density at radius 2 is 2.00 bits per heavy atom. The SMILES string of the molecule is O=C(O)c1ccc(OCc2ccc3c(c2)OCO3)c(F)c1. The molecule has 21 heavy (non-hydrogen) atoms. The highest BCUT2D eigenvalue weighted by Gasteiger charge is 2.14. The Balaban J connectivity index is 1.71. The van der Waals surface area contributed by atoms with Crippen LogP contribution in [-0.4, -0.2) is 17.9 Å². The predicted octanol–water partition coefficient (Wildman–Crippen LogP) is 2.83. The quantitative estimate of drug-likeness (QED) is 0.938. The van der Waals surface area contributed by atoms with Crippen LogP contribution in [-0.2, 0) is 6.61 Å². The molecule has 0 saturated heterocycles. The average molecular weight is 290 g/mol. The summed E-state index contributed by atoms with van der Waals surface area (Å²) < 4.78 is 29.5. The molecule has 0 bridgehead atoms. The Bertz CT molecular complexity index is 698. The van der Waals surface area contributed by atoms with Crippen LogP contribution < -0.4 is 14.2 Å². The molecule has 1 aliphatic rings. The van der Waals surface area contributed by atoms with Crippen LogP contribution in [0.25, 0.3) is 0 Å². The molecular weight excluding hydrogens is 279 g/mol. The second kappa shape index (κ2) is 5.32. The molecule has 0 radical (unpaired) electrons. The molecule has 5 nitrogen and oxygen atoms in total. The first kappa shape index (κ1) is 13.2. The smallest absolute Gasteiger partial charge is 0.335 e. The van der Waals surface area contributed by atoms with E-state index >= 15 is 0 Å². The van der Waals surface area contributed by atoms with Crippen LogP contribution in [0.1, 0.15) is 15.9 Å². The number of rotatable bonds is 4.